The van der Waals surface area contributed by atoms with Gasteiger partial charge in [-0.3, -0.25) is 4.79 Å². The predicted octanol–water partition coefficient (Wildman–Crippen LogP) is 1.66. The highest BCUT2D eigenvalue weighted by Crippen LogP contribution is 2.31. The summed E-state index contributed by atoms with van der Waals surface area (Å²) in [6.07, 6.45) is 6.99. The molecule has 6 heteroatoms. The van der Waals surface area contributed by atoms with Crippen molar-refractivity contribution in [2.45, 2.75) is 18.9 Å². The van der Waals surface area contributed by atoms with Crippen LogP contribution in [0.1, 0.15) is 40.8 Å². The summed E-state index contributed by atoms with van der Waals surface area (Å²) in [7, 11) is 1.94. The van der Waals surface area contributed by atoms with E-state index in [0.717, 1.165) is 25.2 Å². The number of carbonyl (C=O) groups excluding carboxylic acids is 1. The Morgan fingerprint density at radius 3 is 2.90 bits per heavy atom. The van der Waals surface area contributed by atoms with E-state index in [4.69, 9.17) is 5.26 Å². The molecule has 1 amide bonds. The fourth-order valence-corrected chi connectivity index (χ4v) is 2.73. The molecule has 1 aliphatic heterocycles. The zero-order valence-electron chi connectivity index (χ0n) is 11.7. The number of amides is 1. The van der Waals surface area contributed by atoms with Crippen molar-refractivity contribution in [1.29, 1.82) is 5.26 Å². The molecular weight excluding hydrogens is 266 g/mol. The second-order valence-electron chi connectivity index (χ2n) is 5.10. The number of imidazole rings is 1. The fraction of sp³-hybridized carbons (Fsp3) is 0.333. The molecule has 21 heavy (non-hydrogen) atoms. The lowest BCUT2D eigenvalue weighted by atomic mass is 10.2. The number of aryl methyl sites for hydroxylation is 1. The minimum Gasteiger partial charge on any atom is -0.336 e. The van der Waals surface area contributed by atoms with Gasteiger partial charge in [0.2, 0.25) is 0 Å². The van der Waals surface area contributed by atoms with E-state index in [1.54, 1.807) is 18.3 Å². The number of nitriles is 1. The van der Waals surface area contributed by atoms with Crippen LogP contribution in [0, 0.1) is 11.3 Å². The molecule has 0 saturated carbocycles. The van der Waals surface area contributed by atoms with Crippen LogP contribution in [0.3, 0.4) is 0 Å². The second kappa shape index (κ2) is 5.37. The molecule has 3 rings (SSSR count). The number of rotatable bonds is 2. The molecule has 6 nitrogen and oxygen atoms in total. The molecule has 0 N–H and O–H groups in total. The van der Waals surface area contributed by atoms with Crippen LogP contribution in [0.25, 0.3) is 0 Å². The van der Waals surface area contributed by atoms with Gasteiger partial charge in [0.25, 0.3) is 5.91 Å². The Morgan fingerprint density at radius 1 is 1.43 bits per heavy atom. The number of likely N-dealkylation sites (tertiary alicyclic amines) is 1. The molecule has 0 aromatic carbocycles. The molecule has 2 aromatic heterocycles. The summed E-state index contributed by atoms with van der Waals surface area (Å²) in [5.41, 5.74) is 0.823. The van der Waals surface area contributed by atoms with Gasteiger partial charge in [0.15, 0.2) is 0 Å². The number of carbonyl (C=O) groups is 1. The van der Waals surface area contributed by atoms with E-state index in [2.05, 4.69) is 9.97 Å². The lowest BCUT2D eigenvalue weighted by Crippen LogP contribution is -2.31. The SMILES string of the molecule is Cn1ccnc1C1CCCN1C(=O)c1ccc(C#N)nc1. The number of aromatic nitrogens is 3. The molecule has 2 aromatic rings. The Labute approximate surface area is 122 Å². The molecule has 0 spiro atoms. The lowest BCUT2D eigenvalue weighted by Gasteiger charge is -2.24. The van der Waals surface area contributed by atoms with Crippen molar-refractivity contribution >= 4 is 5.91 Å². The van der Waals surface area contributed by atoms with Crippen molar-refractivity contribution in [3.8, 4) is 6.07 Å². The zero-order chi connectivity index (χ0) is 14.8. The zero-order valence-corrected chi connectivity index (χ0v) is 11.7. The van der Waals surface area contributed by atoms with E-state index in [9.17, 15) is 4.79 Å². The highest BCUT2D eigenvalue weighted by Gasteiger charge is 2.32. The Morgan fingerprint density at radius 2 is 2.29 bits per heavy atom. The van der Waals surface area contributed by atoms with E-state index in [1.807, 2.05) is 28.8 Å². The first-order chi connectivity index (χ1) is 10.2. The van der Waals surface area contributed by atoms with Crippen LogP contribution in [0.5, 0.6) is 0 Å². The molecule has 0 bridgehead atoms. The van der Waals surface area contributed by atoms with Crippen LogP contribution in [0.15, 0.2) is 30.7 Å². The van der Waals surface area contributed by atoms with Crippen LogP contribution in [-0.2, 0) is 7.05 Å². The average Bonchev–Trinajstić information content (AvgIpc) is 3.14. The fourth-order valence-electron chi connectivity index (χ4n) is 2.73. The van der Waals surface area contributed by atoms with Gasteiger partial charge >= 0.3 is 0 Å². The van der Waals surface area contributed by atoms with Crippen LogP contribution in [0.4, 0.5) is 0 Å². The molecule has 1 fully saturated rings. The van der Waals surface area contributed by atoms with Crippen molar-refractivity contribution in [3.05, 3.63) is 47.8 Å². The first-order valence-corrected chi connectivity index (χ1v) is 6.85. The van der Waals surface area contributed by atoms with E-state index < -0.39 is 0 Å². The third kappa shape index (κ3) is 2.38. The summed E-state index contributed by atoms with van der Waals surface area (Å²) < 4.78 is 1.95. The minimum atomic E-state index is -0.0579. The Bertz CT molecular complexity index is 698. The average molecular weight is 281 g/mol. The van der Waals surface area contributed by atoms with Gasteiger partial charge in [-0.15, -0.1) is 0 Å². The molecule has 3 heterocycles. The monoisotopic (exact) mass is 281 g/mol. The van der Waals surface area contributed by atoms with Gasteiger partial charge in [-0.25, -0.2) is 9.97 Å². The molecular formula is C15H15N5O. The highest BCUT2D eigenvalue weighted by molar-refractivity contribution is 5.94. The van der Waals surface area contributed by atoms with Crippen molar-refractivity contribution in [2.75, 3.05) is 6.54 Å². The quantitative estimate of drug-likeness (QED) is 0.839. The standard InChI is InChI=1S/C15H15N5O/c1-19-8-6-17-14(19)13-3-2-7-20(13)15(21)11-4-5-12(9-16)18-10-11/h4-6,8,10,13H,2-3,7H2,1H3. The summed E-state index contributed by atoms with van der Waals surface area (Å²) in [4.78, 5) is 22.8. The summed E-state index contributed by atoms with van der Waals surface area (Å²) in [5, 5.41) is 8.76. The second-order valence-corrected chi connectivity index (χ2v) is 5.10. The Hall–Kier alpha value is -2.68. The lowest BCUT2D eigenvalue weighted by molar-refractivity contribution is 0.0727. The predicted molar refractivity (Wildman–Crippen MR) is 75.2 cm³/mol. The van der Waals surface area contributed by atoms with Crippen molar-refractivity contribution in [3.63, 3.8) is 0 Å². The van der Waals surface area contributed by atoms with E-state index in [-0.39, 0.29) is 11.9 Å². The summed E-state index contributed by atoms with van der Waals surface area (Å²) in [6, 6.07) is 5.18. The van der Waals surface area contributed by atoms with E-state index >= 15 is 0 Å². The molecule has 0 radical (unpaired) electrons. The van der Waals surface area contributed by atoms with Crippen LogP contribution >= 0.6 is 0 Å². The first-order valence-electron chi connectivity index (χ1n) is 6.85. The van der Waals surface area contributed by atoms with Gasteiger partial charge in [-0.2, -0.15) is 5.26 Å². The van der Waals surface area contributed by atoms with Crippen molar-refractivity contribution < 1.29 is 4.79 Å². The van der Waals surface area contributed by atoms with Gasteiger partial charge in [0.1, 0.15) is 17.6 Å². The van der Waals surface area contributed by atoms with Gasteiger partial charge < -0.3 is 9.47 Å². The van der Waals surface area contributed by atoms with Crippen molar-refractivity contribution in [1.82, 2.24) is 19.4 Å². The Kier molecular flexibility index (Phi) is 3.40. The highest BCUT2D eigenvalue weighted by atomic mass is 16.2. The Balaban J connectivity index is 1.86. The summed E-state index contributed by atoms with van der Waals surface area (Å²) >= 11 is 0. The largest absolute Gasteiger partial charge is 0.336 e. The van der Waals surface area contributed by atoms with Crippen LogP contribution < -0.4 is 0 Å². The van der Waals surface area contributed by atoms with E-state index in [0.29, 0.717) is 11.3 Å². The van der Waals surface area contributed by atoms with Gasteiger partial charge in [0, 0.05) is 32.2 Å². The smallest absolute Gasteiger partial charge is 0.256 e. The number of nitrogens with zero attached hydrogens (tertiary/aromatic N) is 5. The maximum atomic E-state index is 12.6. The van der Waals surface area contributed by atoms with Crippen molar-refractivity contribution in [2.24, 2.45) is 7.05 Å². The molecule has 0 aliphatic carbocycles. The molecule has 106 valence electrons. The molecule has 1 unspecified atom stereocenters. The summed E-state index contributed by atoms with van der Waals surface area (Å²) in [6.45, 7) is 0.719. The van der Waals surface area contributed by atoms with E-state index in [1.165, 1.54) is 6.20 Å². The maximum Gasteiger partial charge on any atom is 0.256 e. The minimum absolute atomic E-state index is 0.00754. The number of hydrogen-bond donors (Lipinski definition) is 0. The first kappa shape index (κ1) is 13.3. The third-order valence-electron chi connectivity index (χ3n) is 3.80. The van der Waals surface area contributed by atoms with Crippen LogP contribution in [0.2, 0.25) is 0 Å². The topological polar surface area (TPSA) is 74.8 Å². The third-order valence-corrected chi connectivity index (χ3v) is 3.80. The molecule has 1 saturated heterocycles. The van der Waals surface area contributed by atoms with Gasteiger partial charge in [0.05, 0.1) is 11.6 Å². The summed E-state index contributed by atoms with van der Waals surface area (Å²) in [5.74, 6) is 0.847. The molecule has 1 aliphatic rings. The van der Waals surface area contributed by atoms with Crippen LogP contribution in [-0.4, -0.2) is 31.9 Å². The maximum absolute atomic E-state index is 12.6. The van der Waals surface area contributed by atoms with Gasteiger partial charge in [-0.05, 0) is 25.0 Å². The number of hydrogen-bond acceptors (Lipinski definition) is 4. The van der Waals surface area contributed by atoms with Gasteiger partial charge in [-0.1, -0.05) is 0 Å². The molecule has 1 atom stereocenters. The number of pyridine rings is 1. The normalized spacial score (nSPS) is 17.7.